The molecule has 0 fully saturated rings. The van der Waals surface area contributed by atoms with Gasteiger partial charge in [-0.15, -0.1) is 0 Å². The van der Waals surface area contributed by atoms with Crippen LogP contribution < -0.4 is 10.6 Å². The van der Waals surface area contributed by atoms with Crippen LogP contribution in [0.3, 0.4) is 0 Å². The predicted molar refractivity (Wildman–Crippen MR) is 121 cm³/mol. The van der Waals surface area contributed by atoms with Gasteiger partial charge in [-0.3, -0.25) is 9.59 Å². The Bertz CT molecular complexity index is 863. The van der Waals surface area contributed by atoms with Gasteiger partial charge >= 0.3 is 0 Å². The maximum absolute atomic E-state index is 12.2. The minimum atomic E-state index is -0.299. The Morgan fingerprint density at radius 3 is 2.34 bits per heavy atom. The maximum Gasteiger partial charge on any atom is 0.251 e. The molecule has 0 radical (unpaired) electrons. The number of nitrogens with zero attached hydrogens (tertiary/aromatic N) is 1. The average molecular weight is 434 g/mol. The van der Waals surface area contributed by atoms with Gasteiger partial charge in [0.15, 0.2) is 0 Å². The Balaban J connectivity index is 1.87. The molecule has 29 heavy (non-hydrogen) atoms. The van der Waals surface area contributed by atoms with Crippen LogP contribution in [-0.4, -0.2) is 42.9 Å². The summed E-state index contributed by atoms with van der Waals surface area (Å²) in [5.41, 5.74) is 1.84. The first kappa shape index (κ1) is 22.9. The second kappa shape index (κ2) is 11.6. The second-order valence-electron chi connectivity index (χ2n) is 6.35. The van der Waals surface area contributed by atoms with E-state index in [2.05, 4.69) is 29.4 Å². The minimum absolute atomic E-state index is 0.132. The number of amides is 2. The zero-order chi connectivity index (χ0) is 21.2. The van der Waals surface area contributed by atoms with E-state index in [9.17, 15) is 9.59 Å². The van der Waals surface area contributed by atoms with Gasteiger partial charge in [0.25, 0.3) is 5.91 Å². The van der Waals surface area contributed by atoms with Crippen molar-refractivity contribution >= 4 is 46.8 Å². The number of rotatable bonds is 9. The largest absolute Gasteiger partial charge is 0.351 e. The van der Waals surface area contributed by atoms with E-state index in [1.165, 1.54) is 6.08 Å². The summed E-state index contributed by atoms with van der Waals surface area (Å²) in [5, 5.41) is 6.66. The van der Waals surface area contributed by atoms with Crippen molar-refractivity contribution < 1.29 is 9.59 Å². The van der Waals surface area contributed by atoms with Crippen molar-refractivity contribution in [1.82, 2.24) is 10.2 Å². The highest BCUT2D eigenvalue weighted by Gasteiger charge is 2.07. The van der Waals surface area contributed by atoms with Crippen LogP contribution in [0.1, 0.15) is 29.8 Å². The molecule has 0 aliphatic heterocycles. The molecule has 2 N–H and O–H groups in total. The first-order chi connectivity index (χ1) is 13.9. The van der Waals surface area contributed by atoms with E-state index >= 15 is 0 Å². The summed E-state index contributed by atoms with van der Waals surface area (Å²) < 4.78 is 0. The molecular weight excluding hydrogens is 409 g/mol. The number of hydrogen-bond donors (Lipinski definition) is 2. The highest BCUT2D eigenvalue weighted by Crippen LogP contribution is 2.22. The van der Waals surface area contributed by atoms with Gasteiger partial charge in [0.2, 0.25) is 5.91 Å². The van der Waals surface area contributed by atoms with Crippen molar-refractivity contribution in [2.45, 2.75) is 13.8 Å². The summed E-state index contributed by atoms with van der Waals surface area (Å²) in [7, 11) is 0. The van der Waals surface area contributed by atoms with Gasteiger partial charge in [-0.2, -0.15) is 0 Å². The molecule has 0 unspecified atom stereocenters. The van der Waals surface area contributed by atoms with Crippen molar-refractivity contribution in [1.29, 1.82) is 0 Å². The molecule has 5 nitrogen and oxygen atoms in total. The summed E-state index contributed by atoms with van der Waals surface area (Å²) >= 11 is 11.9. The van der Waals surface area contributed by atoms with Crippen LogP contribution in [0.25, 0.3) is 6.08 Å². The Morgan fingerprint density at radius 2 is 1.72 bits per heavy atom. The summed E-state index contributed by atoms with van der Waals surface area (Å²) in [6.07, 6.45) is 3.01. The van der Waals surface area contributed by atoms with Gasteiger partial charge in [0.05, 0.1) is 0 Å². The lowest BCUT2D eigenvalue weighted by Crippen LogP contribution is -2.34. The molecule has 0 saturated carbocycles. The predicted octanol–water partition coefficient (Wildman–Crippen LogP) is 4.72. The highest BCUT2D eigenvalue weighted by molar-refractivity contribution is 6.35. The van der Waals surface area contributed by atoms with Crippen LogP contribution >= 0.6 is 23.2 Å². The SMILES string of the molecule is CCN(CC)CCNC(=O)c1ccc(NC(=O)/C=C/c2ccc(Cl)cc2Cl)cc1. The smallest absolute Gasteiger partial charge is 0.251 e. The number of likely N-dealkylation sites (N-methyl/N-ethyl adjacent to an activating group) is 1. The molecule has 0 aliphatic rings. The molecule has 0 atom stereocenters. The molecule has 0 aromatic heterocycles. The standard InChI is InChI=1S/C22H25Cl2N3O2/c1-3-27(4-2)14-13-25-22(29)17-6-10-19(11-7-17)26-21(28)12-8-16-5-9-18(23)15-20(16)24/h5-12,15H,3-4,13-14H2,1-2H3,(H,25,29)(H,26,28)/b12-8+. The third kappa shape index (κ3) is 7.54. The van der Waals surface area contributed by atoms with Gasteiger partial charge < -0.3 is 15.5 Å². The number of hydrogen-bond acceptors (Lipinski definition) is 3. The van der Waals surface area contributed by atoms with E-state index in [1.807, 2.05) is 0 Å². The third-order valence-corrected chi connectivity index (χ3v) is 4.96. The van der Waals surface area contributed by atoms with Gasteiger partial charge in [0, 0.05) is 40.5 Å². The van der Waals surface area contributed by atoms with Crippen molar-refractivity contribution in [2.75, 3.05) is 31.5 Å². The molecule has 0 spiro atoms. The monoisotopic (exact) mass is 433 g/mol. The highest BCUT2D eigenvalue weighted by atomic mass is 35.5. The molecule has 0 heterocycles. The molecule has 0 aliphatic carbocycles. The number of carbonyl (C=O) groups is 2. The molecule has 2 aromatic carbocycles. The summed E-state index contributed by atoms with van der Waals surface area (Å²) in [4.78, 5) is 26.5. The number of halogens is 2. The molecule has 2 aromatic rings. The van der Waals surface area contributed by atoms with Crippen molar-refractivity contribution in [3.05, 3.63) is 69.7 Å². The fourth-order valence-electron chi connectivity index (χ4n) is 2.66. The van der Waals surface area contributed by atoms with Crippen LogP contribution in [-0.2, 0) is 4.79 Å². The summed E-state index contributed by atoms with van der Waals surface area (Å²) in [6, 6.07) is 11.8. The molecule has 2 rings (SSSR count). The third-order valence-electron chi connectivity index (χ3n) is 4.40. The van der Waals surface area contributed by atoms with E-state index in [1.54, 1.807) is 48.5 Å². The number of anilines is 1. The first-order valence-electron chi connectivity index (χ1n) is 9.47. The molecule has 154 valence electrons. The molecule has 0 bridgehead atoms. The van der Waals surface area contributed by atoms with Gasteiger partial charge in [-0.1, -0.05) is 43.1 Å². The minimum Gasteiger partial charge on any atom is -0.351 e. The quantitative estimate of drug-likeness (QED) is 0.562. The van der Waals surface area contributed by atoms with E-state index in [0.717, 1.165) is 19.6 Å². The Hall–Kier alpha value is -2.34. The van der Waals surface area contributed by atoms with Gasteiger partial charge in [0.1, 0.15) is 0 Å². The Morgan fingerprint density at radius 1 is 1.03 bits per heavy atom. The molecular formula is C22H25Cl2N3O2. The molecule has 0 saturated heterocycles. The zero-order valence-electron chi connectivity index (χ0n) is 16.5. The van der Waals surface area contributed by atoms with Crippen LogP contribution in [0.15, 0.2) is 48.5 Å². The van der Waals surface area contributed by atoms with Crippen LogP contribution in [0, 0.1) is 0 Å². The molecule has 2 amide bonds. The Kier molecular flexibility index (Phi) is 9.19. The first-order valence-corrected chi connectivity index (χ1v) is 10.2. The lowest BCUT2D eigenvalue weighted by molar-refractivity contribution is -0.111. The normalized spacial score (nSPS) is 11.1. The van der Waals surface area contributed by atoms with E-state index in [0.29, 0.717) is 33.4 Å². The number of nitrogens with one attached hydrogen (secondary N) is 2. The van der Waals surface area contributed by atoms with Crippen LogP contribution in [0.2, 0.25) is 10.0 Å². The summed E-state index contributed by atoms with van der Waals surface area (Å²) in [6.45, 7) is 7.52. The van der Waals surface area contributed by atoms with Crippen molar-refractivity contribution in [3.63, 3.8) is 0 Å². The zero-order valence-corrected chi connectivity index (χ0v) is 18.1. The fourth-order valence-corrected chi connectivity index (χ4v) is 3.13. The van der Waals surface area contributed by atoms with E-state index in [-0.39, 0.29) is 11.8 Å². The topological polar surface area (TPSA) is 61.4 Å². The van der Waals surface area contributed by atoms with E-state index < -0.39 is 0 Å². The van der Waals surface area contributed by atoms with E-state index in [4.69, 9.17) is 23.2 Å². The average Bonchev–Trinajstić information content (AvgIpc) is 2.71. The maximum atomic E-state index is 12.2. The second-order valence-corrected chi connectivity index (χ2v) is 7.19. The van der Waals surface area contributed by atoms with Crippen LogP contribution in [0.5, 0.6) is 0 Å². The number of benzene rings is 2. The lowest BCUT2D eigenvalue weighted by atomic mass is 10.2. The van der Waals surface area contributed by atoms with Crippen molar-refractivity contribution in [3.8, 4) is 0 Å². The molecule has 7 heteroatoms. The van der Waals surface area contributed by atoms with Crippen LogP contribution in [0.4, 0.5) is 5.69 Å². The lowest BCUT2D eigenvalue weighted by Gasteiger charge is -2.17. The van der Waals surface area contributed by atoms with Gasteiger partial charge in [-0.25, -0.2) is 0 Å². The van der Waals surface area contributed by atoms with Crippen molar-refractivity contribution in [2.24, 2.45) is 0 Å². The number of carbonyl (C=O) groups excluding carboxylic acids is 2. The Labute approximate surface area is 181 Å². The fraction of sp³-hybridized carbons (Fsp3) is 0.273. The van der Waals surface area contributed by atoms with Gasteiger partial charge in [-0.05, 0) is 61.1 Å². The summed E-state index contributed by atoms with van der Waals surface area (Å²) in [5.74, 6) is -0.431.